The van der Waals surface area contributed by atoms with Crippen LogP contribution < -0.4 is 5.32 Å². The number of carbonyl (C=O) groups is 1. The summed E-state index contributed by atoms with van der Waals surface area (Å²) >= 11 is 0. The quantitative estimate of drug-likeness (QED) is 0.902. The standard InChI is InChI=1S/C17H17F3N2O/c1-4-12-7-5-6-10(2)15(12)22-16(23)13-8-9-14(17(18,19)20)21-11(13)3/h5-9H,4H2,1-3H3,(H,22,23). The third kappa shape index (κ3) is 3.70. The Bertz CT molecular complexity index is 739. The van der Waals surface area contributed by atoms with Gasteiger partial charge in [-0.2, -0.15) is 13.2 Å². The van der Waals surface area contributed by atoms with Crippen LogP contribution in [-0.4, -0.2) is 10.9 Å². The van der Waals surface area contributed by atoms with E-state index in [2.05, 4.69) is 10.3 Å². The van der Waals surface area contributed by atoms with Gasteiger partial charge in [-0.25, -0.2) is 4.98 Å². The number of hydrogen-bond donors (Lipinski definition) is 1. The van der Waals surface area contributed by atoms with E-state index in [0.717, 1.165) is 29.7 Å². The number of aromatic nitrogens is 1. The Kier molecular flexibility index (Phi) is 4.73. The third-order valence-electron chi connectivity index (χ3n) is 3.60. The van der Waals surface area contributed by atoms with E-state index in [1.54, 1.807) is 0 Å². The number of alkyl halides is 3. The summed E-state index contributed by atoms with van der Waals surface area (Å²) in [5.74, 6) is -0.465. The van der Waals surface area contributed by atoms with Crippen molar-refractivity contribution in [3.05, 3.63) is 58.4 Å². The minimum Gasteiger partial charge on any atom is -0.321 e. The number of aryl methyl sites for hydroxylation is 3. The van der Waals surface area contributed by atoms with Crippen LogP contribution in [0.25, 0.3) is 0 Å². The molecule has 23 heavy (non-hydrogen) atoms. The van der Waals surface area contributed by atoms with Crippen LogP contribution in [0, 0.1) is 13.8 Å². The van der Waals surface area contributed by atoms with Crippen LogP contribution in [0.15, 0.2) is 30.3 Å². The van der Waals surface area contributed by atoms with Gasteiger partial charge in [0, 0.05) is 5.69 Å². The lowest BCUT2D eigenvalue weighted by atomic mass is 10.0. The number of nitrogens with one attached hydrogen (secondary N) is 1. The highest BCUT2D eigenvalue weighted by Crippen LogP contribution is 2.28. The number of hydrogen-bond acceptors (Lipinski definition) is 2. The molecule has 0 unspecified atom stereocenters. The molecule has 0 atom stereocenters. The number of para-hydroxylation sites is 1. The molecule has 2 rings (SSSR count). The van der Waals surface area contributed by atoms with Gasteiger partial charge in [-0.1, -0.05) is 25.1 Å². The fourth-order valence-electron chi connectivity index (χ4n) is 2.34. The zero-order chi connectivity index (χ0) is 17.2. The van der Waals surface area contributed by atoms with Gasteiger partial charge in [0.05, 0.1) is 11.3 Å². The molecule has 0 aliphatic rings. The van der Waals surface area contributed by atoms with Crippen LogP contribution in [0.5, 0.6) is 0 Å². The first-order valence-electron chi connectivity index (χ1n) is 7.18. The molecule has 1 aromatic heterocycles. The molecule has 0 radical (unpaired) electrons. The summed E-state index contributed by atoms with van der Waals surface area (Å²) in [6.45, 7) is 5.23. The molecule has 3 nitrogen and oxygen atoms in total. The first-order chi connectivity index (χ1) is 10.7. The Labute approximate surface area is 132 Å². The highest BCUT2D eigenvalue weighted by Gasteiger charge is 2.33. The fourth-order valence-corrected chi connectivity index (χ4v) is 2.34. The molecule has 0 saturated heterocycles. The van der Waals surface area contributed by atoms with Gasteiger partial charge in [0.25, 0.3) is 5.91 Å². The zero-order valence-corrected chi connectivity index (χ0v) is 13.1. The highest BCUT2D eigenvalue weighted by atomic mass is 19.4. The molecule has 1 N–H and O–H groups in total. The molecule has 1 aromatic carbocycles. The third-order valence-corrected chi connectivity index (χ3v) is 3.60. The van der Waals surface area contributed by atoms with Crippen molar-refractivity contribution in [2.24, 2.45) is 0 Å². The number of amides is 1. The number of rotatable bonds is 3. The van der Waals surface area contributed by atoms with Crippen molar-refractivity contribution in [1.29, 1.82) is 0 Å². The first kappa shape index (κ1) is 17.0. The van der Waals surface area contributed by atoms with E-state index in [1.165, 1.54) is 6.92 Å². The summed E-state index contributed by atoms with van der Waals surface area (Å²) in [5, 5.41) is 2.78. The van der Waals surface area contributed by atoms with Gasteiger partial charge in [-0.3, -0.25) is 4.79 Å². The molecule has 122 valence electrons. The lowest BCUT2D eigenvalue weighted by molar-refractivity contribution is -0.141. The second-order valence-electron chi connectivity index (χ2n) is 5.24. The van der Waals surface area contributed by atoms with Gasteiger partial charge in [0.2, 0.25) is 0 Å². The van der Waals surface area contributed by atoms with Gasteiger partial charge in [-0.05, 0) is 43.5 Å². The minimum atomic E-state index is -4.52. The molecule has 2 aromatic rings. The SMILES string of the molecule is CCc1cccc(C)c1NC(=O)c1ccc(C(F)(F)F)nc1C. The maximum absolute atomic E-state index is 12.6. The Morgan fingerprint density at radius 3 is 2.43 bits per heavy atom. The van der Waals surface area contributed by atoms with E-state index in [1.807, 2.05) is 32.0 Å². The topological polar surface area (TPSA) is 42.0 Å². The molecule has 0 aliphatic heterocycles. The maximum atomic E-state index is 12.6. The summed E-state index contributed by atoms with van der Waals surface area (Å²) in [6, 6.07) is 7.65. The van der Waals surface area contributed by atoms with E-state index in [-0.39, 0.29) is 11.3 Å². The van der Waals surface area contributed by atoms with Crippen molar-refractivity contribution in [3.8, 4) is 0 Å². The second kappa shape index (κ2) is 6.40. The summed E-state index contributed by atoms with van der Waals surface area (Å²) in [7, 11) is 0. The van der Waals surface area contributed by atoms with Crippen LogP contribution in [0.4, 0.5) is 18.9 Å². The summed E-state index contributed by atoms with van der Waals surface area (Å²) in [6.07, 6.45) is -3.79. The average Bonchev–Trinajstić information content (AvgIpc) is 2.48. The van der Waals surface area contributed by atoms with Gasteiger partial charge < -0.3 is 5.32 Å². The van der Waals surface area contributed by atoms with E-state index in [9.17, 15) is 18.0 Å². The van der Waals surface area contributed by atoms with Crippen molar-refractivity contribution in [1.82, 2.24) is 4.98 Å². The normalized spacial score (nSPS) is 11.4. The smallest absolute Gasteiger partial charge is 0.321 e. The number of halogens is 3. The monoisotopic (exact) mass is 322 g/mol. The molecular formula is C17H17F3N2O. The molecule has 0 saturated carbocycles. The highest BCUT2D eigenvalue weighted by molar-refractivity contribution is 6.05. The van der Waals surface area contributed by atoms with Crippen LogP contribution in [0.3, 0.4) is 0 Å². The van der Waals surface area contributed by atoms with Crippen LogP contribution in [-0.2, 0) is 12.6 Å². The Morgan fingerprint density at radius 2 is 1.87 bits per heavy atom. The Balaban J connectivity index is 2.32. The average molecular weight is 322 g/mol. The van der Waals surface area contributed by atoms with Gasteiger partial charge in [0.15, 0.2) is 0 Å². The van der Waals surface area contributed by atoms with Crippen LogP contribution in [0.1, 0.15) is 39.8 Å². The molecule has 1 amide bonds. The first-order valence-corrected chi connectivity index (χ1v) is 7.18. The van der Waals surface area contributed by atoms with Crippen molar-refractivity contribution in [3.63, 3.8) is 0 Å². The lowest BCUT2D eigenvalue weighted by Crippen LogP contribution is -2.18. The second-order valence-corrected chi connectivity index (χ2v) is 5.24. The van der Waals surface area contributed by atoms with Gasteiger partial charge in [0.1, 0.15) is 5.69 Å². The van der Waals surface area contributed by atoms with Crippen molar-refractivity contribution in [2.45, 2.75) is 33.4 Å². The predicted molar refractivity (Wildman–Crippen MR) is 82.5 cm³/mol. The molecule has 0 aliphatic carbocycles. The number of carbonyl (C=O) groups excluding carboxylic acids is 1. The van der Waals surface area contributed by atoms with Crippen molar-refractivity contribution < 1.29 is 18.0 Å². The number of benzene rings is 1. The van der Waals surface area contributed by atoms with E-state index >= 15 is 0 Å². The minimum absolute atomic E-state index is 0.0453. The molecule has 6 heteroatoms. The van der Waals surface area contributed by atoms with Gasteiger partial charge in [-0.15, -0.1) is 0 Å². The predicted octanol–water partition coefficient (Wildman–Crippen LogP) is 4.53. The zero-order valence-electron chi connectivity index (χ0n) is 13.1. The number of nitrogens with zero attached hydrogens (tertiary/aromatic N) is 1. The number of pyridine rings is 1. The fraction of sp³-hybridized carbons (Fsp3) is 0.294. The lowest BCUT2D eigenvalue weighted by Gasteiger charge is -2.14. The summed E-state index contributed by atoms with van der Waals surface area (Å²) < 4.78 is 37.9. The van der Waals surface area contributed by atoms with E-state index in [4.69, 9.17) is 0 Å². The summed E-state index contributed by atoms with van der Waals surface area (Å²) in [5.41, 5.74) is 1.73. The van der Waals surface area contributed by atoms with Crippen molar-refractivity contribution in [2.75, 3.05) is 5.32 Å². The maximum Gasteiger partial charge on any atom is 0.433 e. The molecule has 0 fully saturated rings. The molecule has 0 bridgehead atoms. The Hall–Kier alpha value is -2.37. The molecule has 0 spiro atoms. The largest absolute Gasteiger partial charge is 0.433 e. The molecule has 1 heterocycles. The van der Waals surface area contributed by atoms with Crippen LogP contribution in [0.2, 0.25) is 0 Å². The van der Waals surface area contributed by atoms with Crippen molar-refractivity contribution >= 4 is 11.6 Å². The van der Waals surface area contributed by atoms with E-state index in [0.29, 0.717) is 5.69 Å². The Morgan fingerprint density at radius 1 is 1.17 bits per heavy atom. The van der Waals surface area contributed by atoms with Gasteiger partial charge >= 0.3 is 6.18 Å². The molecular weight excluding hydrogens is 305 g/mol. The summed E-state index contributed by atoms with van der Waals surface area (Å²) in [4.78, 5) is 15.9. The number of anilines is 1. The van der Waals surface area contributed by atoms with E-state index < -0.39 is 17.8 Å². The van der Waals surface area contributed by atoms with Crippen LogP contribution >= 0.6 is 0 Å².